The fraction of sp³-hybridized carbons (Fsp3) is 0.857. The van der Waals surface area contributed by atoms with Gasteiger partial charge in [-0.25, -0.2) is 0 Å². The van der Waals surface area contributed by atoms with Gasteiger partial charge < -0.3 is 10.0 Å². The third-order valence-corrected chi connectivity index (χ3v) is 4.00. The van der Waals surface area contributed by atoms with E-state index in [1.807, 2.05) is 32.7 Å². The van der Waals surface area contributed by atoms with E-state index in [4.69, 9.17) is 5.11 Å². The van der Waals surface area contributed by atoms with Crippen molar-refractivity contribution < 1.29 is 14.7 Å². The Hall–Kier alpha value is -1.06. The summed E-state index contributed by atoms with van der Waals surface area (Å²) in [5, 5.41) is 8.76. The van der Waals surface area contributed by atoms with Gasteiger partial charge in [0.1, 0.15) is 0 Å². The third kappa shape index (κ3) is 4.00. The minimum Gasteiger partial charge on any atom is -0.481 e. The number of amides is 1. The van der Waals surface area contributed by atoms with Crippen LogP contribution < -0.4 is 0 Å². The topological polar surface area (TPSA) is 57.6 Å². The predicted molar refractivity (Wildman–Crippen MR) is 70.2 cm³/mol. The molecule has 0 spiro atoms. The van der Waals surface area contributed by atoms with Crippen LogP contribution in [0.15, 0.2) is 0 Å². The highest BCUT2D eigenvalue weighted by molar-refractivity contribution is 5.79. The highest BCUT2D eigenvalue weighted by Gasteiger charge is 2.32. The maximum atomic E-state index is 12.3. The SMILES string of the molecule is CN(C(=O)C1CCC(CC(=O)O)CC1)C(C)(C)C. The standard InChI is InChI=1S/C14H25NO3/c1-14(2,3)15(4)13(18)11-7-5-10(6-8-11)9-12(16)17/h10-11H,5-9H2,1-4H3,(H,16,17). The van der Waals surface area contributed by atoms with E-state index in [0.29, 0.717) is 0 Å². The van der Waals surface area contributed by atoms with Crippen LogP contribution in [-0.4, -0.2) is 34.5 Å². The van der Waals surface area contributed by atoms with Gasteiger partial charge in [-0.2, -0.15) is 0 Å². The molecule has 0 saturated heterocycles. The molecule has 0 aromatic heterocycles. The second-order valence-electron chi connectivity index (χ2n) is 6.38. The van der Waals surface area contributed by atoms with E-state index < -0.39 is 5.97 Å². The van der Waals surface area contributed by atoms with E-state index >= 15 is 0 Å². The zero-order chi connectivity index (χ0) is 13.9. The van der Waals surface area contributed by atoms with Crippen molar-refractivity contribution in [1.82, 2.24) is 4.90 Å². The highest BCUT2D eigenvalue weighted by atomic mass is 16.4. The molecule has 1 rings (SSSR count). The molecule has 4 heteroatoms. The highest BCUT2D eigenvalue weighted by Crippen LogP contribution is 2.32. The van der Waals surface area contributed by atoms with E-state index in [1.54, 1.807) is 0 Å². The molecule has 0 heterocycles. The monoisotopic (exact) mass is 255 g/mol. The van der Waals surface area contributed by atoms with Gasteiger partial charge in [-0.1, -0.05) is 0 Å². The first-order valence-electron chi connectivity index (χ1n) is 6.71. The summed E-state index contributed by atoms with van der Waals surface area (Å²) in [6, 6.07) is 0. The van der Waals surface area contributed by atoms with Gasteiger partial charge in [0.2, 0.25) is 5.91 Å². The number of aliphatic carboxylic acids is 1. The summed E-state index contributed by atoms with van der Waals surface area (Å²) in [5.41, 5.74) is -0.144. The number of carbonyl (C=O) groups excluding carboxylic acids is 1. The molecule has 18 heavy (non-hydrogen) atoms. The van der Waals surface area contributed by atoms with Crippen LogP contribution in [0, 0.1) is 11.8 Å². The lowest BCUT2D eigenvalue weighted by Gasteiger charge is -2.37. The van der Waals surface area contributed by atoms with Gasteiger partial charge in [0, 0.05) is 24.9 Å². The van der Waals surface area contributed by atoms with Crippen LogP contribution in [0.4, 0.5) is 0 Å². The quantitative estimate of drug-likeness (QED) is 0.843. The molecule has 1 N–H and O–H groups in total. The lowest BCUT2D eigenvalue weighted by Crippen LogP contribution is -2.46. The zero-order valence-corrected chi connectivity index (χ0v) is 11.9. The fourth-order valence-electron chi connectivity index (χ4n) is 2.46. The number of nitrogens with zero attached hydrogens (tertiary/aromatic N) is 1. The number of carboxylic acid groups (broad SMARTS) is 1. The minimum absolute atomic E-state index is 0.0827. The second kappa shape index (κ2) is 5.72. The molecular weight excluding hydrogens is 230 g/mol. The molecule has 1 aliphatic carbocycles. The summed E-state index contributed by atoms with van der Waals surface area (Å²) >= 11 is 0. The van der Waals surface area contributed by atoms with E-state index in [1.165, 1.54) is 0 Å². The molecule has 0 aromatic rings. The number of hydrogen-bond donors (Lipinski definition) is 1. The molecule has 0 aromatic carbocycles. The summed E-state index contributed by atoms with van der Waals surface area (Å²) < 4.78 is 0. The fourth-order valence-corrected chi connectivity index (χ4v) is 2.46. The van der Waals surface area contributed by atoms with Crippen LogP contribution in [0.5, 0.6) is 0 Å². The summed E-state index contributed by atoms with van der Waals surface area (Å²) in [4.78, 5) is 24.7. The van der Waals surface area contributed by atoms with Crippen LogP contribution in [0.2, 0.25) is 0 Å². The van der Waals surface area contributed by atoms with Gasteiger partial charge in [-0.3, -0.25) is 9.59 Å². The van der Waals surface area contributed by atoms with Crippen molar-refractivity contribution in [3.63, 3.8) is 0 Å². The molecule has 1 amide bonds. The van der Waals surface area contributed by atoms with E-state index in [0.717, 1.165) is 25.7 Å². The number of rotatable bonds is 3. The number of carbonyl (C=O) groups is 2. The number of hydrogen-bond acceptors (Lipinski definition) is 2. The van der Waals surface area contributed by atoms with Gasteiger partial charge in [0.15, 0.2) is 0 Å². The van der Waals surface area contributed by atoms with Crippen LogP contribution in [-0.2, 0) is 9.59 Å². The van der Waals surface area contributed by atoms with Crippen molar-refractivity contribution in [2.75, 3.05) is 7.05 Å². The smallest absolute Gasteiger partial charge is 0.303 e. The molecule has 0 bridgehead atoms. The van der Waals surface area contributed by atoms with Crippen molar-refractivity contribution in [3.8, 4) is 0 Å². The lowest BCUT2D eigenvalue weighted by atomic mass is 9.79. The van der Waals surface area contributed by atoms with Crippen molar-refractivity contribution in [3.05, 3.63) is 0 Å². The van der Waals surface area contributed by atoms with Crippen molar-refractivity contribution in [2.45, 2.75) is 58.4 Å². The molecule has 104 valence electrons. The molecule has 1 fully saturated rings. The van der Waals surface area contributed by atoms with Crippen LogP contribution in [0.3, 0.4) is 0 Å². The summed E-state index contributed by atoms with van der Waals surface area (Å²) in [6.45, 7) is 6.09. The van der Waals surface area contributed by atoms with E-state index in [9.17, 15) is 9.59 Å². The average Bonchev–Trinajstić information content (AvgIpc) is 2.26. The van der Waals surface area contributed by atoms with E-state index in [2.05, 4.69) is 0 Å². The molecule has 0 unspecified atom stereocenters. The Morgan fingerprint density at radius 1 is 1.17 bits per heavy atom. The molecule has 0 aliphatic heterocycles. The Labute approximate surface area is 109 Å². The molecule has 0 atom stereocenters. The summed E-state index contributed by atoms with van der Waals surface area (Å²) in [7, 11) is 1.85. The Morgan fingerprint density at radius 2 is 1.67 bits per heavy atom. The third-order valence-electron chi connectivity index (χ3n) is 4.00. The number of carboxylic acids is 1. The molecule has 1 saturated carbocycles. The maximum absolute atomic E-state index is 12.3. The first kappa shape index (κ1) is 15.0. The Morgan fingerprint density at radius 3 is 2.06 bits per heavy atom. The molecule has 4 nitrogen and oxygen atoms in total. The van der Waals surface area contributed by atoms with Crippen molar-refractivity contribution in [2.24, 2.45) is 11.8 Å². The lowest BCUT2D eigenvalue weighted by molar-refractivity contribution is -0.140. The van der Waals surface area contributed by atoms with Crippen LogP contribution in [0.25, 0.3) is 0 Å². The second-order valence-corrected chi connectivity index (χ2v) is 6.38. The van der Waals surface area contributed by atoms with Gasteiger partial charge >= 0.3 is 5.97 Å². The van der Waals surface area contributed by atoms with Gasteiger partial charge in [0.25, 0.3) is 0 Å². The minimum atomic E-state index is -0.725. The average molecular weight is 255 g/mol. The Kier molecular flexibility index (Phi) is 4.77. The first-order valence-corrected chi connectivity index (χ1v) is 6.71. The first-order chi connectivity index (χ1) is 8.21. The normalized spacial score (nSPS) is 24.7. The van der Waals surface area contributed by atoms with Crippen LogP contribution >= 0.6 is 0 Å². The van der Waals surface area contributed by atoms with Crippen molar-refractivity contribution >= 4 is 11.9 Å². The van der Waals surface area contributed by atoms with Gasteiger partial charge in [-0.15, -0.1) is 0 Å². The summed E-state index contributed by atoms with van der Waals surface area (Å²) in [6.07, 6.45) is 3.63. The molecule has 0 radical (unpaired) electrons. The molecular formula is C14H25NO3. The van der Waals surface area contributed by atoms with Crippen LogP contribution in [0.1, 0.15) is 52.9 Å². The van der Waals surface area contributed by atoms with E-state index in [-0.39, 0.29) is 29.7 Å². The zero-order valence-electron chi connectivity index (χ0n) is 11.9. The predicted octanol–water partition coefficient (Wildman–Crippen LogP) is 2.52. The van der Waals surface area contributed by atoms with Gasteiger partial charge in [-0.05, 0) is 52.4 Å². The Bertz CT molecular complexity index is 311. The molecule has 1 aliphatic rings. The maximum Gasteiger partial charge on any atom is 0.303 e. The van der Waals surface area contributed by atoms with Crippen molar-refractivity contribution in [1.29, 1.82) is 0 Å². The van der Waals surface area contributed by atoms with Gasteiger partial charge in [0.05, 0.1) is 0 Å². The summed E-state index contributed by atoms with van der Waals surface area (Å²) in [5.74, 6) is -0.182. The Balaban J connectivity index is 2.48. The largest absolute Gasteiger partial charge is 0.481 e.